The molecular formula is B2Cl8Zn. The molecule has 0 N–H and O–H groups in total. The van der Waals surface area contributed by atoms with E-state index in [0.29, 0.717) is 0 Å². The van der Waals surface area contributed by atoms with Gasteiger partial charge in [0.1, 0.15) is 0 Å². The van der Waals surface area contributed by atoms with E-state index in [1.807, 2.05) is 0 Å². The molecule has 0 aliphatic rings. The summed E-state index contributed by atoms with van der Waals surface area (Å²) in [5.41, 5.74) is 0. The van der Waals surface area contributed by atoms with E-state index in [0.717, 1.165) is 0 Å². The van der Waals surface area contributed by atoms with E-state index < -0.39 is 7.61 Å². The maximum atomic E-state index is 4.89. The molecule has 11 heteroatoms. The van der Waals surface area contributed by atoms with Gasteiger partial charge in [-0.15, -0.1) is 0 Å². The van der Waals surface area contributed by atoms with Gasteiger partial charge in [0, 0.05) is 0 Å². The molecule has 0 unspecified atom stereocenters. The number of hydrogen-bond donors (Lipinski definition) is 0. The predicted octanol–water partition coefficient (Wildman–Crippen LogP) is 4.75. The van der Waals surface area contributed by atoms with Crippen LogP contribution in [0.2, 0.25) is 0 Å². The maximum Gasteiger partial charge on any atom is 2.00 e. The largest absolute Gasteiger partial charge is 2.00 e. The average Bonchev–Trinajstić information content (AvgIpc) is 1.12. The third kappa shape index (κ3) is 170. The van der Waals surface area contributed by atoms with Crippen molar-refractivity contribution in [2.24, 2.45) is 0 Å². The van der Waals surface area contributed by atoms with Gasteiger partial charge in [-0.3, -0.25) is 0 Å². The quantitative estimate of drug-likeness (QED) is 0.540. The van der Waals surface area contributed by atoms with Crippen LogP contribution >= 0.6 is 91.7 Å². The fourth-order valence-corrected chi connectivity index (χ4v) is 0. The summed E-state index contributed by atoms with van der Waals surface area (Å²) in [6.07, 6.45) is 0. The number of halogens is 8. The third-order valence-corrected chi connectivity index (χ3v) is 0. The van der Waals surface area contributed by atoms with Gasteiger partial charge in [-0.2, -0.15) is 0 Å². The summed E-state index contributed by atoms with van der Waals surface area (Å²) in [6.45, 7) is 0. The summed E-state index contributed by atoms with van der Waals surface area (Å²) in [5, 5.41) is 0. The second-order valence-electron chi connectivity index (χ2n) is 0.990. The van der Waals surface area contributed by atoms with Crippen molar-refractivity contribution in [1.82, 2.24) is 0 Å². The van der Waals surface area contributed by atoms with Gasteiger partial charge in [0.05, 0.1) is 0 Å². The first-order valence-electron chi connectivity index (χ1n) is 1.75. The smallest absolute Gasteiger partial charge is 0.332 e. The SMILES string of the molecule is Cl[B-](Cl)(Cl)Cl.Cl[B-](Cl)(Cl)Cl.[Zn+2]. The Bertz CT molecular complexity index is 55.1. The van der Waals surface area contributed by atoms with Crippen molar-refractivity contribution in [2.75, 3.05) is 0 Å². The van der Waals surface area contributed by atoms with Gasteiger partial charge >= 0.3 is 27.1 Å². The van der Waals surface area contributed by atoms with E-state index in [9.17, 15) is 0 Å². The van der Waals surface area contributed by atoms with Gasteiger partial charge in [0.25, 0.3) is 0 Å². The minimum Gasteiger partial charge on any atom is -0.332 e. The molecule has 0 heterocycles. The molecule has 0 aliphatic heterocycles. The van der Waals surface area contributed by atoms with Crippen LogP contribution in [0.5, 0.6) is 0 Å². The summed E-state index contributed by atoms with van der Waals surface area (Å²) in [4.78, 5) is 0. The Morgan fingerprint density at radius 3 is 0.455 bits per heavy atom. The van der Waals surface area contributed by atoms with Crippen molar-refractivity contribution in [3.8, 4) is 0 Å². The Kier molecular flexibility index (Phi) is 15.0. The fraction of sp³-hybridized carbons (Fsp3) is 0. The molecule has 0 aliphatic carbocycles. The number of rotatable bonds is 0. The van der Waals surface area contributed by atoms with Crippen LogP contribution in [0, 0.1) is 0 Å². The van der Waals surface area contributed by atoms with Gasteiger partial charge in [0.15, 0.2) is 0 Å². The molecule has 0 aromatic carbocycles. The van der Waals surface area contributed by atoms with Crippen molar-refractivity contribution in [2.45, 2.75) is 0 Å². The summed E-state index contributed by atoms with van der Waals surface area (Å²) in [7, 11) is 0. The first kappa shape index (κ1) is 19.6. The second-order valence-corrected chi connectivity index (χ2v) is 8.91. The van der Waals surface area contributed by atoms with E-state index in [2.05, 4.69) is 0 Å². The Morgan fingerprint density at radius 1 is 0.455 bits per heavy atom. The molecule has 0 atom stereocenters. The standard InChI is InChI=1S/2BCl4.Zn/c2*2-1(3,4)5;/q2*-1;+2. The topological polar surface area (TPSA) is 0 Å². The van der Waals surface area contributed by atoms with Gasteiger partial charge in [-0.25, -0.2) is 0 Å². The molecular weight excluding hydrogens is 371 g/mol. The first-order valence-corrected chi connectivity index (χ1v) is 5.24. The Morgan fingerprint density at radius 2 is 0.455 bits per heavy atom. The molecule has 0 spiro atoms. The average molecular weight is 371 g/mol. The van der Waals surface area contributed by atoms with E-state index in [-0.39, 0.29) is 19.5 Å². The third-order valence-electron chi connectivity index (χ3n) is 0. The van der Waals surface area contributed by atoms with E-state index in [4.69, 9.17) is 91.7 Å². The van der Waals surface area contributed by atoms with Gasteiger partial charge in [-0.1, -0.05) is 0 Å². The summed E-state index contributed by atoms with van der Waals surface area (Å²) < 4.78 is -4.22. The number of hydrogen-bond acceptors (Lipinski definition) is 0. The summed E-state index contributed by atoms with van der Waals surface area (Å²) >= 11 is 39.1. The minimum absolute atomic E-state index is 0. The Hall–Kier alpha value is 3.07. The molecule has 0 saturated carbocycles. The van der Waals surface area contributed by atoms with Gasteiger partial charge < -0.3 is 91.7 Å². The minimum atomic E-state index is -2.11. The first-order chi connectivity index (χ1) is 4.00. The van der Waals surface area contributed by atoms with Crippen molar-refractivity contribution in [1.29, 1.82) is 0 Å². The van der Waals surface area contributed by atoms with Gasteiger partial charge in [-0.05, 0) is 0 Å². The van der Waals surface area contributed by atoms with E-state index in [1.54, 1.807) is 0 Å². The molecule has 0 aromatic heterocycles. The molecule has 0 saturated heterocycles. The maximum absolute atomic E-state index is 4.89. The normalized spacial score (nSPS) is 10.9. The molecule has 0 bridgehead atoms. The van der Waals surface area contributed by atoms with E-state index >= 15 is 0 Å². The van der Waals surface area contributed by atoms with Crippen LogP contribution in [0.3, 0.4) is 0 Å². The monoisotopic (exact) mass is 366 g/mol. The summed E-state index contributed by atoms with van der Waals surface area (Å²) in [6, 6.07) is 0. The van der Waals surface area contributed by atoms with Crippen LogP contribution in [0.4, 0.5) is 0 Å². The van der Waals surface area contributed by atoms with Crippen LogP contribution in [-0.2, 0) is 19.5 Å². The van der Waals surface area contributed by atoms with Crippen molar-refractivity contribution in [3.05, 3.63) is 0 Å². The van der Waals surface area contributed by atoms with Crippen molar-refractivity contribution < 1.29 is 19.5 Å². The zero-order chi connectivity index (χ0) is 9.00. The molecule has 0 amide bonds. The zero-order valence-corrected chi connectivity index (χ0v) is 13.9. The van der Waals surface area contributed by atoms with Crippen LogP contribution in [-0.4, -0.2) is 7.61 Å². The molecule has 0 fully saturated rings. The molecule has 0 aromatic rings. The van der Waals surface area contributed by atoms with Crippen LogP contribution in [0.15, 0.2) is 0 Å². The van der Waals surface area contributed by atoms with Crippen molar-refractivity contribution >= 4 is 99.3 Å². The molecule has 11 heavy (non-hydrogen) atoms. The molecule has 0 nitrogen and oxygen atoms in total. The predicted molar refractivity (Wildman–Crippen MR) is 58.3 cm³/mol. The van der Waals surface area contributed by atoms with Crippen LogP contribution in [0.1, 0.15) is 0 Å². The molecule has 64 valence electrons. The fourth-order valence-electron chi connectivity index (χ4n) is 0. The second kappa shape index (κ2) is 8.39. The van der Waals surface area contributed by atoms with E-state index in [1.165, 1.54) is 0 Å². The Labute approximate surface area is 117 Å². The Balaban J connectivity index is -0.000000107. The van der Waals surface area contributed by atoms with Crippen molar-refractivity contribution in [3.63, 3.8) is 0 Å². The van der Waals surface area contributed by atoms with Crippen LogP contribution < -0.4 is 0 Å². The van der Waals surface area contributed by atoms with Crippen LogP contribution in [0.25, 0.3) is 0 Å². The zero-order valence-electron chi connectivity index (χ0n) is 4.89. The van der Waals surface area contributed by atoms with Gasteiger partial charge in [0.2, 0.25) is 0 Å². The molecule has 0 radical (unpaired) electrons. The summed E-state index contributed by atoms with van der Waals surface area (Å²) in [5.74, 6) is 0. The molecule has 0 rings (SSSR count).